The van der Waals surface area contributed by atoms with Crippen LogP contribution in [0.15, 0.2) is 29.2 Å². The van der Waals surface area contributed by atoms with E-state index in [-0.39, 0.29) is 0 Å². The number of nitrogens with one attached hydrogen (secondary N) is 2. The van der Waals surface area contributed by atoms with Crippen LogP contribution in [0.4, 0.5) is 0 Å². The van der Waals surface area contributed by atoms with Gasteiger partial charge in [-0.15, -0.1) is 11.3 Å². The van der Waals surface area contributed by atoms with Crippen LogP contribution in [0.5, 0.6) is 0 Å². The predicted molar refractivity (Wildman–Crippen MR) is 92.8 cm³/mol. The Bertz CT molecular complexity index is 695. The number of thiophene rings is 1. The van der Waals surface area contributed by atoms with Crippen LogP contribution in [-0.2, 0) is 16.6 Å². The standard InChI is InChI=1S/C14H20N2O2S3/c1-15-10-13-14(11-6-3-4-7-12(11)20-13)21(17,18)16-8-5-9-19-2/h3-4,6-7,15-16H,5,8-10H2,1-2H3. The SMILES string of the molecule is CNCc1sc2ccccc2c1S(=O)(=O)NCCCSC. The summed E-state index contributed by atoms with van der Waals surface area (Å²) in [5.41, 5.74) is 0. The molecule has 0 bridgehead atoms. The molecule has 0 spiro atoms. The van der Waals surface area contributed by atoms with Gasteiger partial charge in [-0.05, 0) is 31.5 Å². The van der Waals surface area contributed by atoms with Gasteiger partial charge in [0.05, 0.1) is 0 Å². The van der Waals surface area contributed by atoms with Crippen molar-refractivity contribution < 1.29 is 8.42 Å². The van der Waals surface area contributed by atoms with E-state index in [0.717, 1.165) is 27.1 Å². The molecule has 21 heavy (non-hydrogen) atoms. The summed E-state index contributed by atoms with van der Waals surface area (Å²) in [6.45, 7) is 1.03. The minimum Gasteiger partial charge on any atom is -0.315 e. The highest BCUT2D eigenvalue weighted by molar-refractivity contribution is 7.98. The van der Waals surface area contributed by atoms with E-state index in [1.54, 1.807) is 11.8 Å². The second kappa shape index (κ2) is 7.60. The molecule has 0 aliphatic rings. The van der Waals surface area contributed by atoms with Crippen molar-refractivity contribution in [3.8, 4) is 0 Å². The number of thioether (sulfide) groups is 1. The van der Waals surface area contributed by atoms with Gasteiger partial charge in [-0.2, -0.15) is 11.8 Å². The summed E-state index contributed by atoms with van der Waals surface area (Å²) >= 11 is 3.25. The maximum absolute atomic E-state index is 12.6. The van der Waals surface area contributed by atoms with Gasteiger partial charge < -0.3 is 5.32 Å². The molecule has 2 rings (SSSR count). The van der Waals surface area contributed by atoms with Gasteiger partial charge in [-0.25, -0.2) is 13.1 Å². The lowest BCUT2D eigenvalue weighted by Crippen LogP contribution is -2.26. The molecule has 2 aromatic rings. The maximum atomic E-state index is 12.6. The van der Waals surface area contributed by atoms with E-state index in [4.69, 9.17) is 0 Å². The number of rotatable bonds is 8. The first kappa shape index (κ1) is 16.8. The van der Waals surface area contributed by atoms with E-state index in [2.05, 4.69) is 10.0 Å². The number of benzene rings is 1. The second-order valence-electron chi connectivity index (χ2n) is 4.62. The Hall–Kier alpha value is -0.600. The van der Waals surface area contributed by atoms with Gasteiger partial charge in [0.2, 0.25) is 10.0 Å². The molecule has 0 amide bonds. The molecule has 1 aromatic carbocycles. The molecule has 0 atom stereocenters. The lowest BCUT2D eigenvalue weighted by atomic mass is 10.2. The van der Waals surface area contributed by atoms with E-state index < -0.39 is 10.0 Å². The van der Waals surface area contributed by atoms with Crippen molar-refractivity contribution in [2.45, 2.75) is 17.9 Å². The Morgan fingerprint density at radius 1 is 1.29 bits per heavy atom. The Balaban J connectivity index is 2.36. The van der Waals surface area contributed by atoms with Gasteiger partial charge in [0, 0.05) is 28.1 Å². The summed E-state index contributed by atoms with van der Waals surface area (Å²) in [5.74, 6) is 0.955. The largest absolute Gasteiger partial charge is 0.315 e. The minimum absolute atomic E-state index is 0.432. The molecule has 0 radical (unpaired) electrons. The summed E-state index contributed by atoms with van der Waals surface area (Å²) in [5, 5.41) is 3.86. The molecule has 4 nitrogen and oxygen atoms in total. The van der Waals surface area contributed by atoms with Gasteiger partial charge in [-0.3, -0.25) is 0 Å². The van der Waals surface area contributed by atoms with Crippen LogP contribution >= 0.6 is 23.1 Å². The quantitative estimate of drug-likeness (QED) is 0.723. The summed E-state index contributed by atoms with van der Waals surface area (Å²) in [7, 11) is -1.64. The van der Waals surface area contributed by atoms with E-state index in [1.807, 2.05) is 37.6 Å². The van der Waals surface area contributed by atoms with Crippen molar-refractivity contribution >= 4 is 43.2 Å². The smallest absolute Gasteiger partial charge is 0.242 e. The Morgan fingerprint density at radius 3 is 2.76 bits per heavy atom. The fraction of sp³-hybridized carbons (Fsp3) is 0.429. The Morgan fingerprint density at radius 2 is 2.05 bits per heavy atom. The van der Waals surface area contributed by atoms with Crippen molar-refractivity contribution in [2.75, 3.05) is 25.6 Å². The number of sulfonamides is 1. The van der Waals surface area contributed by atoms with E-state index >= 15 is 0 Å². The first-order valence-electron chi connectivity index (χ1n) is 6.73. The summed E-state index contributed by atoms with van der Waals surface area (Å²) in [4.78, 5) is 1.29. The molecule has 0 aliphatic heterocycles. The number of fused-ring (bicyclic) bond motifs is 1. The average Bonchev–Trinajstić information content (AvgIpc) is 2.83. The molecular formula is C14H20N2O2S3. The van der Waals surface area contributed by atoms with Crippen LogP contribution in [0.3, 0.4) is 0 Å². The van der Waals surface area contributed by atoms with Gasteiger partial charge in [0.25, 0.3) is 0 Å². The molecule has 0 saturated carbocycles. The highest BCUT2D eigenvalue weighted by atomic mass is 32.2. The second-order valence-corrected chi connectivity index (χ2v) is 8.45. The fourth-order valence-corrected chi connectivity index (χ4v) is 5.60. The van der Waals surface area contributed by atoms with E-state index in [9.17, 15) is 8.42 Å². The summed E-state index contributed by atoms with van der Waals surface area (Å²) in [6, 6.07) is 7.66. The molecule has 0 fully saturated rings. The van der Waals surface area contributed by atoms with Gasteiger partial charge in [0.15, 0.2) is 0 Å². The number of hydrogen-bond donors (Lipinski definition) is 2. The third-order valence-corrected chi connectivity index (χ3v) is 6.63. The van der Waals surface area contributed by atoms with Crippen molar-refractivity contribution in [3.63, 3.8) is 0 Å². The lowest BCUT2D eigenvalue weighted by Gasteiger charge is -2.08. The average molecular weight is 345 g/mol. The molecule has 0 unspecified atom stereocenters. The summed E-state index contributed by atoms with van der Waals surface area (Å²) in [6.07, 6.45) is 2.86. The van der Waals surface area contributed by atoms with Crippen LogP contribution in [0.2, 0.25) is 0 Å². The highest BCUT2D eigenvalue weighted by Gasteiger charge is 2.23. The van der Waals surface area contributed by atoms with Crippen molar-refractivity contribution in [2.24, 2.45) is 0 Å². The van der Waals surface area contributed by atoms with Crippen LogP contribution in [0, 0.1) is 0 Å². The van der Waals surface area contributed by atoms with Gasteiger partial charge in [-0.1, -0.05) is 18.2 Å². The Labute approximate surface area is 134 Å². The molecule has 116 valence electrons. The lowest BCUT2D eigenvalue weighted by molar-refractivity contribution is 0.581. The van der Waals surface area contributed by atoms with Gasteiger partial charge in [0.1, 0.15) is 4.90 Å². The summed E-state index contributed by atoms with van der Waals surface area (Å²) < 4.78 is 29.0. The zero-order valence-corrected chi connectivity index (χ0v) is 14.6. The Kier molecular flexibility index (Phi) is 6.07. The molecular weight excluding hydrogens is 324 g/mol. The molecule has 1 aromatic heterocycles. The van der Waals surface area contributed by atoms with Crippen molar-refractivity contribution in [1.82, 2.24) is 10.0 Å². The molecule has 1 heterocycles. The first-order valence-corrected chi connectivity index (χ1v) is 10.4. The molecule has 0 saturated heterocycles. The maximum Gasteiger partial charge on any atom is 0.242 e. The van der Waals surface area contributed by atoms with E-state index in [0.29, 0.717) is 18.0 Å². The third-order valence-electron chi connectivity index (χ3n) is 3.04. The normalized spacial score (nSPS) is 12.1. The fourth-order valence-electron chi connectivity index (χ4n) is 2.14. The zero-order chi connectivity index (χ0) is 15.3. The van der Waals surface area contributed by atoms with Gasteiger partial charge >= 0.3 is 0 Å². The molecule has 2 N–H and O–H groups in total. The zero-order valence-electron chi connectivity index (χ0n) is 12.2. The van der Waals surface area contributed by atoms with Crippen LogP contribution in [-0.4, -0.2) is 34.0 Å². The van der Waals surface area contributed by atoms with Crippen LogP contribution in [0.1, 0.15) is 11.3 Å². The monoisotopic (exact) mass is 344 g/mol. The highest BCUT2D eigenvalue weighted by Crippen LogP contribution is 2.34. The predicted octanol–water partition coefficient (Wildman–Crippen LogP) is 2.65. The van der Waals surface area contributed by atoms with Crippen LogP contribution in [0.25, 0.3) is 10.1 Å². The minimum atomic E-state index is -3.47. The molecule has 7 heteroatoms. The first-order chi connectivity index (χ1) is 10.1. The van der Waals surface area contributed by atoms with Crippen LogP contribution < -0.4 is 10.0 Å². The molecule has 0 aliphatic carbocycles. The number of hydrogen-bond acceptors (Lipinski definition) is 5. The topological polar surface area (TPSA) is 58.2 Å². The van der Waals surface area contributed by atoms with Crippen molar-refractivity contribution in [3.05, 3.63) is 29.1 Å². The van der Waals surface area contributed by atoms with Crippen molar-refractivity contribution in [1.29, 1.82) is 0 Å². The van der Waals surface area contributed by atoms with E-state index in [1.165, 1.54) is 11.3 Å². The third kappa shape index (κ3) is 3.98.